The van der Waals surface area contributed by atoms with Gasteiger partial charge in [0.2, 0.25) is 0 Å². The second kappa shape index (κ2) is 5.42. The quantitative estimate of drug-likeness (QED) is 0.941. The van der Waals surface area contributed by atoms with Gasteiger partial charge in [-0.3, -0.25) is 0 Å². The molecule has 0 atom stereocenters. The van der Waals surface area contributed by atoms with Gasteiger partial charge in [0, 0.05) is 23.6 Å². The standard InChI is InChI=1S/C12H13BrFN3/c13-10-3-9(4-11(14)5-10)6-17-7-12(1-2-15)16-8-17/h3-5,7-8H,1-2,6,15H2. The molecule has 1 aromatic carbocycles. The Labute approximate surface area is 108 Å². The van der Waals surface area contributed by atoms with Gasteiger partial charge in [-0.05, 0) is 30.3 Å². The van der Waals surface area contributed by atoms with Gasteiger partial charge in [-0.1, -0.05) is 15.9 Å². The topological polar surface area (TPSA) is 43.8 Å². The van der Waals surface area contributed by atoms with E-state index in [2.05, 4.69) is 20.9 Å². The van der Waals surface area contributed by atoms with Crippen molar-refractivity contribution in [1.29, 1.82) is 0 Å². The molecule has 0 saturated carbocycles. The van der Waals surface area contributed by atoms with Crippen LogP contribution in [0.1, 0.15) is 11.3 Å². The first-order valence-electron chi connectivity index (χ1n) is 5.33. The van der Waals surface area contributed by atoms with E-state index >= 15 is 0 Å². The van der Waals surface area contributed by atoms with Crippen LogP contribution < -0.4 is 5.73 Å². The number of benzene rings is 1. The van der Waals surface area contributed by atoms with Gasteiger partial charge < -0.3 is 10.3 Å². The number of imidazole rings is 1. The summed E-state index contributed by atoms with van der Waals surface area (Å²) in [6.07, 6.45) is 4.44. The molecular weight excluding hydrogens is 285 g/mol. The summed E-state index contributed by atoms with van der Waals surface area (Å²) in [6, 6.07) is 4.86. The van der Waals surface area contributed by atoms with Crippen molar-refractivity contribution in [1.82, 2.24) is 9.55 Å². The highest BCUT2D eigenvalue weighted by molar-refractivity contribution is 9.10. The molecule has 0 spiro atoms. The summed E-state index contributed by atoms with van der Waals surface area (Å²) in [6.45, 7) is 1.19. The van der Waals surface area contributed by atoms with Gasteiger partial charge in [-0.25, -0.2) is 9.37 Å². The number of rotatable bonds is 4. The second-order valence-corrected chi connectivity index (χ2v) is 4.77. The molecule has 0 saturated heterocycles. The predicted molar refractivity (Wildman–Crippen MR) is 68.2 cm³/mol. The average Bonchev–Trinajstić information content (AvgIpc) is 2.64. The van der Waals surface area contributed by atoms with Crippen LogP contribution >= 0.6 is 15.9 Å². The van der Waals surface area contributed by atoms with Crippen LogP contribution in [0.2, 0.25) is 0 Å². The molecule has 1 aromatic heterocycles. The Morgan fingerprint density at radius 2 is 2.18 bits per heavy atom. The lowest BCUT2D eigenvalue weighted by Crippen LogP contribution is -2.03. The van der Waals surface area contributed by atoms with Crippen LogP contribution in [0.4, 0.5) is 4.39 Å². The minimum atomic E-state index is -0.239. The van der Waals surface area contributed by atoms with Gasteiger partial charge >= 0.3 is 0 Å². The van der Waals surface area contributed by atoms with Crippen molar-refractivity contribution in [2.24, 2.45) is 5.73 Å². The normalized spacial score (nSPS) is 10.8. The van der Waals surface area contributed by atoms with Crippen LogP contribution in [-0.4, -0.2) is 16.1 Å². The molecule has 17 heavy (non-hydrogen) atoms. The van der Waals surface area contributed by atoms with Crippen molar-refractivity contribution < 1.29 is 4.39 Å². The Morgan fingerprint density at radius 1 is 1.35 bits per heavy atom. The fourth-order valence-corrected chi connectivity index (χ4v) is 2.20. The van der Waals surface area contributed by atoms with Crippen molar-refractivity contribution in [2.75, 3.05) is 6.54 Å². The zero-order valence-electron chi connectivity index (χ0n) is 9.24. The van der Waals surface area contributed by atoms with Gasteiger partial charge in [0.15, 0.2) is 0 Å². The lowest BCUT2D eigenvalue weighted by atomic mass is 10.2. The van der Waals surface area contributed by atoms with Gasteiger partial charge in [0.1, 0.15) is 5.82 Å². The Balaban J connectivity index is 2.13. The fraction of sp³-hybridized carbons (Fsp3) is 0.250. The SMILES string of the molecule is NCCc1cn(Cc2cc(F)cc(Br)c2)cn1. The number of hydrogen-bond donors (Lipinski definition) is 1. The van der Waals surface area contributed by atoms with E-state index in [-0.39, 0.29) is 5.82 Å². The summed E-state index contributed by atoms with van der Waals surface area (Å²) < 4.78 is 15.9. The predicted octanol–water partition coefficient (Wildman–Crippen LogP) is 2.33. The monoisotopic (exact) mass is 297 g/mol. The van der Waals surface area contributed by atoms with Crippen molar-refractivity contribution in [3.63, 3.8) is 0 Å². The molecule has 2 rings (SSSR count). The fourth-order valence-electron chi connectivity index (χ4n) is 1.68. The van der Waals surface area contributed by atoms with E-state index in [1.807, 2.05) is 16.8 Å². The molecule has 0 bridgehead atoms. The molecule has 5 heteroatoms. The molecule has 0 unspecified atom stereocenters. The molecule has 1 heterocycles. The molecule has 0 aliphatic carbocycles. The van der Waals surface area contributed by atoms with E-state index in [0.29, 0.717) is 13.1 Å². The number of nitrogens with zero attached hydrogens (tertiary/aromatic N) is 2. The van der Waals surface area contributed by atoms with Gasteiger partial charge in [-0.2, -0.15) is 0 Å². The number of nitrogens with two attached hydrogens (primary N) is 1. The summed E-state index contributed by atoms with van der Waals surface area (Å²) in [4.78, 5) is 4.22. The van der Waals surface area contributed by atoms with Crippen LogP contribution in [0.3, 0.4) is 0 Å². The first-order valence-corrected chi connectivity index (χ1v) is 6.12. The van der Waals surface area contributed by atoms with Crippen LogP contribution in [0.5, 0.6) is 0 Å². The molecule has 0 aliphatic rings. The maximum Gasteiger partial charge on any atom is 0.124 e. The molecule has 0 fully saturated rings. The Bertz CT molecular complexity index is 490. The summed E-state index contributed by atoms with van der Waals surface area (Å²) in [5.74, 6) is -0.239. The van der Waals surface area contributed by atoms with Gasteiger partial charge in [-0.15, -0.1) is 0 Å². The first-order chi connectivity index (χ1) is 8.17. The third-order valence-electron chi connectivity index (χ3n) is 2.37. The molecule has 0 aliphatic heterocycles. The van der Waals surface area contributed by atoms with E-state index in [1.165, 1.54) is 12.1 Å². The highest BCUT2D eigenvalue weighted by Crippen LogP contribution is 2.15. The van der Waals surface area contributed by atoms with Crippen LogP contribution in [0, 0.1) is 5.82 Å². The third-order valence-corrected chi connectivity index (χ3v) is 2.83. The van der Waals surface area contributed by atoms with Crippen LogP contribution in [-0.2, 0) is 13.0 Å². The second-order valence-electron chi connectivity index (χ2n) is 3.85. The van der Waals surface area contributed by atoms with Crippen LogP contribution in [0.25, 0.3) is 0 Å². The molecule has 2 N–H and O–H groups in total. The van der Waals surface area contributed by atoms with Gasteiger partial charge in [0.05, 0.1) is 12.0 Å². The van der Waals surface area contributed by atoms with Crippen molar-refractivity contribution in [2.45, 2.75) is 13.0 Å². The van der Waals surface area contributed by atoms with Gasteiger partial charge in [0.25, 0.3) is 0 Å². The zero-order chi connectivity index (χ0) is 12.3. The van der Waals surface area contributed by atoms with E-state index < -0.39 is 0 Å². The van der Waals surface area contributed by atoms with Crippen molar-refractivity contribution >= 4 is 15.9 Å². The Kier molecular flexibility index (Phi) is 3.91. The summed E-state index contributed by atoms with van der Waals surface area (Å²) in [5.41, 5.74) is 7.31. The molecule has 0 amide bonds. The minimum Gasteiger partial charge on any atom is -0.333 e. The number of hydrogen-bond acceptors (Lipinski definition) is 2. The Morgan fingerprint density at radius 3 is 2.88 bits per heavy atom. The van der Waals surface area contributed by atoms with Crippen LogP contribution in [0.15, 0.2) is 35.2 Å². The van der Waals surface area contributed by atoms with E-state index in [9.17, 15) is 4.39 Å². The van der Waals surface area contributed by atoms with E-state index in [4.69, 9.17) is 5.73 Å². The Hall–Kier alpha value is -1.20. The largest absolute Gasteiger partial charge is 0.333 e. The smallest absolute Gasteiger partial charge is 0.124 e. The summed E-state index contributed by atoms with van der Waals surface area (Å²) in [7, 11) is 0. The lowest BCUT2D eigenvalue weighted by Gasteiger charge is -2.03. The molecule has 90 valence electrons. The molecule has 0 radical (unpaired) electrons. The average molecular weight is 298 g/mol. The third kappa shape index (κ3) is 3.38. The summed E-state index contributed by atoms with van der Waals surface area (Å²) in [5, 5.41) is 0. The van der Waals surface area contributed by atoms with E-state index in [0.717, 1.165) is 22.2 Å². The molecular formula is C12H13BrFN3. The highest BCUT2D eigenvalue weighted by atomic mass is 79.9. The molecule has 2 aromatic rings. The maximum absolute atomic E-state index is 13.2. The lowest BCUT2D eigenvalue weighted by molar-refractivity contribution is 0.622. The summed E-state index contributed by atoms with van der Waals surface area (Å²) >= 11 is 3.27. The van der Waals surface area contributed by atoms with Crippen molar-refractivity contribution in [3.05, 3.63) is 52.3 Å². The molecule has 3 nitrogen and oxygen atoms in total. The van der Waals surface area contributed by atoms with Crippen molar-refractivity contribution in [3.8, 4) is 0 Å². The number of aromatic nitrogens is 2. The number of halogens is 2. The zero-order valence-corrected chi connectivity index (χ0v) is 10.8. The highest BCUT2D eigenvalue weighted by Gasteiger charge is 2.02. The first kappa shape index (κ1) is 12.3. The van der Waals surface area contributed by atoms with E-state index in [1.54, 1.807) is 6.33 Å². The minimum absolute atomic E-state index is 0.239. The maximum atomic E-state index is 13.2.